The van der Waals surface area contributed by atoms with E-state index >= 15 is 0 Å². The van der Waals surface area contributed by atoms with Gasteiger partial charge in [0.15, 0.2) is 0 Å². The molecular formula is C38H66O. The molecule has 0 aromatic carbocycles. The fourth-order valence-corrected chi connectivity index (χ4v) is 5.87. The Morgan fingerprint density at radius 2 is 0.744 bits per heavy atom. The Hall–Kier alpha value is -1.37. The first kappa shape index (κ1) is 35.7. The number of allylic oxidation sites excluding steroid dienone is 8. The summed E-state index contributed by atoms with van der Waals surface area (Å²) in [6.45, 7) is 4.52. The summed E-state index contributed by atoms with van der Waals surface area (Å²) in [5.74, 6) is 1.82. The monoisotopic (exact) mass is 539 g/mol. The second kappa shape index (κ2) is 28.2. The zero-order chi connectivity index (χ0) is 28.1. The number of carbonyl (C=O) groups excluding carboxylic acids is 1. The Labute approximate surface area is 245 Å². The van der Waals surface area contributed by atoms with Gasteiger partial charge in [-0.25, -0.2) is 0 Å². The highest BCUT2D eigenvalue weighted by molar-refractivity contribution is 5.59. The van der Waals surface area contributed by atoms with Crippen LogP contribution in [-0.2, 0) is 4.79 Å². The van der Waals surface area contributed by atoms with Crippen LogP contribution in [-0.4, -0.2) is 6.29 Å². The van der Waals surface area contributed by atoms with Gasteiger partial charge in [-0.3, -0.25) is 0 Å². The molecule has 0 amide bonds. The summed E-state index contributed by atoms with van der Waals surface area (Å²) in [4.78, 5) is 11.5. The fraction of sp³-hybridized carbons (Fsp3) is 0.763. The van der Waals surface area contributed by atoms with Gasteiger partial charge in [0.05, 0.1) is 0 Å². The minimum atomic E-state index is 0.390. The number of hydrogen-bond donors (Lipinski definition) is 0. The SMILES string of the molecule is CCCCC/C=C\C/C=C\CCCCCCCC1C(C=O)C1CCCCCCC/C=C\C/C=C\CCCCC. The molecule has 1 aliphatic rings. The number of aldehydes is 1. The van der Waals surface area contributed by atoms with Gasteiger partial charge in [0.25, 0.3) is 0 Å². The maximum absolute atomic E-state index is 11.5. The van der Waals surface area contributed by atoms with Crippen LogP contribution in [0.1, 0.15) is 168 Å². The first-order valence-electron chi connectivity index (χ1n) is 17.4. The highest BCUT2D eigenvalue weighted by Crippen LogP contribution is 2.51. The van der Waals surface area contributed by atoms with Crippen molar-refractivity contribution in [3.8, 4) is 0 Å². The van der Waals surface area contributed by atoms with Crippen LogP contribution in [0.3, 0.4) is 0 Å². The second-order valence-corrected chi connectivity index (χ2v) is 12.1. The summed E-state index contributed by atoms with van der Waals surface area (Å²) >= 11 is 0. The Morgan fingerprint density at radius 1 is 0.410 bits per heavy atom. The van der Waals surface area contributed by atoms with E-state index in [1.165, 1.54) is 148 Å². The lowest BCUT2D eigenvalue weighted by Gasteiger charge is -2.02. The molecule has 0 aromatic rings. The summed E-state index contributed by atoms with van der Waals surface area (Å²) in [7, 11) is 0. The van der Waals surface area contributed by atoms with Gasteiger partial charge in [-0.15, -0.1) is 0 Å². The van der Waals surface area contributed by atoms with E-state index in [0.717, 1.165) is 12.8 Å². The summed E-state index contributed by atoms with van der Waals surface area (Å²) in [5, 5.41) is 0. The highest BCUT2D eigenvalue weighted by atomic mass is 16.1. The van der Waals surface area contributed by atoms with Crippen molar-refractivity contribution < 1.29 is 4.79 Å². The molecule has 1 nitrogen and oxygen atoms in total. The Kier molecular flexibility index (Phi) is 25.8. The van der Waals surface area contributed by atoms with Gasteiger partial charge in [-0.05, 0) is 88.9 Å². The minimum Gasteiger partial charge on any atom is -0.303 e. The molecule has 1 saturated carbocycles. The third kappa shape index (κ3) is 22.1. The Bertz CT molecular complexity index is 587. The molecule has 1 fully saturated rings. The van der Waals surface area contributed by atoms with Crippen molar-refractivity contribution in [3.63, 3.8) is 0 Å². The molecule has 0 heterocycles. The van der Waals surface area contributed by atoms with E-state index in [2.05, 4.69) is 62.5 Å². The van der Waals surface area contributed by atoms with Gasteiger partial charge in [0, 0.05) is 5.92 Å². The van der Waals surface area contributed by atoms with Gasteiger partial charge in [-0.1, -0.05) is 140 Å². The predicted molar refractivity (Wildman–Crippen MR) is 175 cm³/mol. The van der Waals surface area contributed by atoms with Crippen molar-refractivity contribution in [1.82, 2.24) is 0 Å². The summed E-state index contributed by atoms with van der Waals surface area (Å²) < 4.78 is 0. The lowest BCUT2D eigenvalue weighted by atomic mass is 10.0. The quantitative estimate of drug-likeness (QED) is 0.0525. The molecule has 2 atom stereocenters. The van der Waals surface area contributed by atoms with E-state index in [4.69, 9.17) is 0 Å². The lowest BCUT2D eigenvalue weighted by Crippen LogP contribution is -1.87. The van der Waals surface area contributed by atoms with Gasteiger partial charge in [0.2, 0.25) is 0 Å². The van der Waals surface area contributed by atoms with Crippen LogP contribution in [0.2, 0.25) is 0 Å². The van der Waals surface area contributed by atoms with Crippen LogP contribution in [0.15, 0.2) is 48.6 Å². The highest BCUT2D eigenvalue weighted by Gasteiger charge is 2.48. The molecule has 0 spiro atoms. The van der Waals surface area contributed by atoms with E-state index in [0.29, 0.717) is 17.8 Å². The minimum absolute atomic E-state index is 0.390. The van der Waals surface area contributed by atoms with E-state index in [-0.39, 0.29) is 0 Å². The lowest BCUT2D eigenvalue weighted by molar-refractivity contribution is -0.109. The van der Waals surface area contributed by atoms with Gasteiger partial charge in [-0.2, -0.15) is 0 Å². The molecule has 0 bridgehead atoms. The number of carbonyl (C=O) groups is 1. The van der Waals surface area contributed by atoms with Gasteiger partial charge in [0.1, 0.15) is 6.29 Å². The van der Waals surface area contributed by atoms with Crippen LogP contribution in [0.5, 0.6) is 0 Å². The zero-order valence-electron chi connectivity index (χ0n) is 26.3. The van der Waals surface area contributed by atoms with E-state index < -0.39 is 0 Å². The topological polar surface area (TPSA) is 17.1 Å². The molecular weight excluding hydrogens is 472 g/mol. The largest absolute Gasteiger partial charge is 0.303 e. The molecule has 1 aliphatic carbocycles. The first-order chi connectivity index (χ1) is 19.3. The van der Waals surface area contributed by atoms with Crippen LogP contribution >= 0.6 is 0 Å². The van der Waals surface area contributed by atoms with Gasteiger partial charge >= 0.3 is 0 Å². The van der Waals surface area contributed by atoms with Crippen molar-refractivity contribution in [3.05, 3.63) is 48.6 Å². The molecule has 0 radical (unpaired) electrons. The van der Waals surface area contributed by atoms with E-state index in [1.807, 2.05) is 0 Å². The maximum Gasteiger partial charge on any atom is 0.123 e. The van der Waals surface area contributed by atoms with Crippen LogP contribution in [0.4, 0.5) is 0 Å². The average Bonchev–Trinajstić information content (AvgIpc) is 3.63. The van der Waals surface area contributed by atoms with Crippen molar-refractivity contribution in [2.45, 2.75) is 168 Å². The molecule has 39 heavy (non-hydrogen) atoms. The van der Waals surface area contributed by atoms with Crippen LogP contribution in [0.25, 0.3) is 0 Å². The molecule has 2 unspecified atom stereocenters. The van der Waals surface area contributed by atoms with Crippen molar-refractivity contribution in [2.24, 2.45) is 17.8 Å². The van der Waals surface area contributed by atoms with E-state index in [1.54, 1.807) is 0 Å². The van der Waals surface area contributed by atoms with Gasteiger partial charge < -0.3 is 4.79 Å². The molecule has 0 aromatic heterocycles. The molecule has 1 rings (SSSR count). The third-order valence-electron chi connectivity index (χ3n) is 8.53. The van der Waals surface area contributed by atoms with Crippen molar-refractivity contribution >= 4 is 6.29 Å². The number of unbranched alkanes of at least 4 members (excludes halogenated alkanes) is 16. The fourth-order valence-electron chi connectivity index (χ4n) is 5.87. The van der Waals surface area contributed by atoms with Crippen molar-refractivity contribution in [1.29, 1.82) is 0 Å². The maximum atomic E-state index is 11.5. The normalized spacial score (nSPS) is 19.4. The first-order valence-corrected chi connectivity index (χ1v) is 17.4. The molecule has 0 N–H and O–H groups in total. The average molecular weight is 539 g/mol. The van der Waals surface area contributed by atoms with Crippen molar-refractivity contribution in [2.75, 3.05) is 0 Å². The molecule has 0 saturated heterocycles. The Morgan fingerprint density at radius 3 is 1.10 bits per heavy atom. The second-order valence-electron chi connectivity index (χ2n) is 12.1. The van der Waals surface area contributed by atoms with Crippen LogP contribution < -0.4 is 0 Å². The van der Waals surface area contributed by atoms with E-state index in [9.17, 15) is 4.79 Å². The standard InChI is InChI=1S/C38H66O/c1-3-5-7-9-11-13-15-17-19-21-23-25-27-29-31-33-36-37(38(36)35-39)34-32-30-28-26-24-22-20-18-16-14-12-10-8-6-4-2/h11-14,17-20,35-38H,3-10,15-16,21-34H2,1-2H3/b13-11-,14-12-,19-17-,20-18-. The number of rotatable bonds is 29. The number of hydrogen-bond acceptors (Lipinski definition) is 1. The summed E-state index contributed by atoms with van der Waals surface area (Å²) in [6.07, 6.45) is 51.2. The molecule has 224 valence electrons. The van der Waals surface area contributed by atoms with Crippen LogP contribution in [0, 0.1) is 17.8 Å². The smallest absolute Gasteiger partial charge is 0.123 e. The zero-order valence-corrected chi connectivity index (χ0v) is 26.3. The third-order valence-corrected chi connectivity index (χ3v) is 8.53. The Balaban J connectivity index is 1.89. The molecule has 1 heteroatoms. The predicted octanol–water partition coefficient (Wildman–Crippen LogP) is 12.7. The summed E-state index contributed by atoms with van der Waals surface area (Å²) in [6, 6.07) is 0. The summed E-state index contributed by atoms with van der Waals surface area (Å²) in [5.41, 5.74) is 0. The molecule has 0 aliphatic heterocycles.